The van der Waals surface area contributed by atoms with Crippen molar-refractivity contribution in [2.45, 2.75) is 32.7 Å². The molecule has 0 aliphatic carbocycles. The molecular formula is C19H22N4O3. The highest BCUT2D eigenvalue weighted by Crippen LogP contribution is 2.19. The zero-order valence-corrected chi connectivity index (χ0v) is 15.0. The van der Waals surface area contributed by atoms with Crippen LogP contribution in [0.1, 0.15) is 22.5 Å². The first kappa shape index (κ1) is 17.7. The Labute approximate surface area is 151 Å². The first-order valence-corrected chi connectivity index (χ1v) is 8.43. The fourth-order valence-electron chi connectivity index (χ4n) is 3.20. The van der Waals surface area contributed by atoms with Crippen molar-refractivity contribution in [3.05, 3.63) is 53.0 Å². The molecule has 0 aliphatic rings. The maximum atomic E-state index is 12.4. The normalized spacial score (nSPS) is 12.3. The molecule has 0 bridgehead atoms. The van der Waals surface area contributed by atoms with Gasteiger partial charge in [0.2, 0.25) is 5.91 Å². The van der Waals surface area contributed by atoms with E-state index in [0.717, 1.165) is 33.4 Å². The van der Waals surface area contributed by atoms with Crippen molar-refractivity contribution in [2.75, 3.05) is 0 Å². The summed E-state index contributed by atoms with van der Waals surface area (Å²) in [6.45, 7) is 3.74. The maximum absolute atomic E-state index is 12.4. The summed E-state index contributed by atoms with van der Waals surface area (Å²) in [4.78, 5) is 27.2. The predicted molar refractivity (Wildman–Crippen MR) is 98.0 cm³/mol. The van der Waals surface area contributed by atoms with Crippen LogP contribution >= 0.6 is 0 Å². The Morgan fingerprint density at radius 1 is 1.31 bits per heavy atom. The number of para-hydroxylation sites is 1. The summed E-state index contributed by atoms with van der Waals surface area (Å²) < 4.78 is 1.72. The number of carbonyl (C=O) groups is 2. The summed E-state index contributed by atoms with van der Waals surface area (Å²) in [6.07, 6.45) is 2.13. The van der Waals surface area contributed by atoms with E-state index in [1.54, 1.807) is 10.9 Å². The van der Waals surface area contributed by atoms with Gasteiger partial charge in [0.05, 0.1) is 12.1 Å². The Kier molecular flexibility index (Phi) is 4.79. The van der Waals surface area contributed by atoms with E-state index in [0.29, 0.717) is 0 Å². The quantitative estimate of drug-likeness (QED) is 0.629. The van der Waals surface area contributed by atoms with Gasteiger partial charge in [-0.05, 0) is 25.5 Å². The third kappa shape index (κ3) is 3.46. The van der Waals surface area contributed by atoms with Crippen molar-refractivity contribution in [1.29, 1.82) is 0 Å². The van der Waals surface area contributed by atoms with Crippen LogP contribution in [0.25, 0.3) is 10.9 Å². The zero-order chi connectivity index (χ0) is 18.8. The van der Waals surface area contributed by atoms with E-state index in [9.17, 15) is 14.7 Å². The van der Waals surface area contributed by atoms with E-state index in [1.165, 1.54) is 0 Å². The van der Waals surface area contributed by atoms with Gasteiger partial charge in [0.25, 0.3) is 0 Å². The molecule has 0 saturated carbocycles. The molecule has 3 rings (SSSR count). The summed E-state index contributed by atoms with van der Waals surface area (Å²) in [5.74, 6) is -1.38. The highest BCUT2D eigenvalue weighted by molar-refractivity contribution is 5.87. The van der Waals surface area contributed by atoms with E-state index in [-0.39, 0.29) is 18.7 Å². The van der Waals surface area contributed by atoms with Crippen LogP contribution in [-0.2, 0) is 29.5 Å². The minimum atomic E-state index is -1.05. The number of rotatable bonds is 6. The number of amides is 1. The highest BCUT2D eigenvalue weighted by atomic mass is 16.4. The number of nitrogens with zero attached hydrogens (tertiary/aromatic N) is 2. The number of aromatic nitrogens is 3. The number of carboxylic acid groups (broad SMARTS) is 1. The number of hydrogen-bond donors (Lipinski definition) is 3. The molecule has 1 atom stereocenters. The third-order valence-corrected chi connectivity index (χ3v) is 4.73. The SMILES string of the molecule is Cc1nn(C)c(C)c1CC(=O)NC(Cc1c[nH]c2ccccc12)C(=O)O. The second-order valence-electron chi connectivity index (χ2n) is 6.47. The van der Waals surface area contributed by atoms with Crippen LogP contribution in [0.4, 0.5) is 0 Å². The van der Waals surface area contributed by atoms with E-state index in [1.807, 2.05) is 45.2 Å². The monoisotopic (exact) mass is 354 g/mol. The van der Waals surface area contributed by atoms with Crippen LogP contribution in [0.3, 0.4) is 0 Å². The van der Waals surface area contributed by atoms with Gasteiger partial charge in [0.15, 0.2) is 0 Å². The number of carboxylic acids is 1. The summed E-state index contributed by atoms with van der Waals surface area (Å²) in [5, 5.41) is 17.4. The number of hydrogen-bond acceptors (Lipinski definition) is 3. The molecule has 1 aromatic carbocycles. The molecule has 3 N–H and O–H groups in total. The van der Waals surface area contributed by atoms with Crippen LogP contribution in [0.15, 0.2) is 30.5 Å². The highest BCUT2D eigenvalue weighted by Gasteiger charge is 2.23. The smallest absolute Gasteiger partial charge is 0.326 e. The van der Waals surface area contributed by atoms with Crippen LogP contribution in [0, 0.1) is 13.8 Å². The molecule has 1 amide bonds. The largest absolute Gasteiger partial charge is 0.480 e. The van der Waals surface area contributed by atoms with Crippen molar-refractivity contribution in [2.24, 2.45) is 7.05 Å². The fraction of sp³-hybridized carbons (Fsp3) is 0.316. The van der Waals surface area contributed by atoms with Gasteiger partial charge in [-0.2, -0.15) is 5.10 Å². The Balaban J connectivity index is 1.74. The van der Waals surface area contributed by atoms with E-state index >= 15 is 0 Å². The molecule has 2 heterocycles. The van der Waals surface area contributed by atoms with Gasteiger partial charge in [-0.25, -0.2) is 4.79 Å². The number of nitrogens with one attached hydrogen (secondary N) is 2. The van der Waals surface area contributed by atoms with Crippen LogP contribution in [0.2, 0.25) is 0 Å². The number of aliphatic carboxylic acids is 1. The van der Waals surface area contributed by atoms with Gasteiger partial charge >= 0.3 is 5.97 Å². The van der Waals surface area contributed by atoms with Gasteiger partial charge in [-0.3, -0.25) is 9.48 Å². The summed E-state index contributed by atoms with van der Waals surface area (Å²) in [7, 11) is 1.82. The van der Waals surface area contributed by atoms with Crippen molar-refractivity contribution in [3.8, 4) is 0 Å². The number of aryl methyl sites for hydroxylation is 2. The second-order valence-corrected chi connectivity index (χ2v) is 6.47. The van der Waals surface area contributed by atoms with Crippen LogP contribution < -0.4 is 5.32 Å². The zero-order valence-electron chi connectivity index (χ0n) is 15.0. The average Bonchev–Trinajstić information content (AvgIpc) is 3.10. The van der Waals surface area contributed by atoms with Crippen molar-refractivity contribution >= 4 is 22.8 Å². The van der Waals surface area contributed by atoms with Crippen LogP contribution in [-0.4, -0.2) is 37.8 Å². The van der Waals surface area contributed by atoms with Gasteiger partial charge in [0.1, 0.15) is 6.04 Å². The Bertz CT molecular complexity index is 970. The summed E-state index contributed by atoms with van der Waals surface area (Å²) in [6, 6.07) is 6.70. The van der Waals surface area contributed by atoms with Crippen LogP contribution in [0.5, 0.6) is 0 Å². The third-order valence-electron chi connectivity index (χ3n) is 4.73. The Morgan fingerprint density at radius 3 is 2.69 bits per heavy atom. The first-order chi connectivity index (χ1) is 12.4. The number of fused-ring (bicyclic) bond motifs is 1. The number of H-pyrrole nitrogens is 1. The summed E-state index contributed by atoms with van der Waals surface area (Å²) >= 11 is 0. The number of carbonyl (C=O) groups excluding carboxylic acids is 1. The molecule has 0 aliphatic heterocycles. The maximum Gasteiger partial charge on any atom is 0.326 e. The molecule has 26 heavy (non-hydrogen) atoms. The van der Waals surface area contributed by atoms with Gasteiger partial charge < -0.3 is 15.4 Å². The van der Waals surface area contributed by atoms with Gasteiger partial charge in [0, 0.05) is 41.8 Å². The molecule has 0 spiro atoms. The predicted octanol–water partition coefficient (Wildman–Crippen LogP) is 1.87. The Hall–Kier alpha value is -3.09. The van der Waals surface area contributed by atoms with Crippen molar-refractivity contribution in [1.82, 2.24) is 20.1 Å². The second kappa shape index (κ2) is 7.03. The van der Waals surface area contributed by atoms with E-state index < -0.39 is 12.0 Å². The number of aromatic amines is 1. The fourth-order valence-corrected chi connectivity index (χ4v) is 3.20. The Morgan fingerprint density at radius 2 is 2.04 bits per heavy atom. The molecule has 7 heteroatoms. The molecular weight excluding hydrogens is 332 g/mol. The summed E-state index contributed by atoms with van der Waals surface area (Å²) in [5.41, 5.74) is 4.33. The lowest BCUT2D eigenvalue weighted by Gasteiger charge is -2.14. The minimum absolute atomic E-state index is 0.114. The number of benzene rings is 1. The van der Waals surface area contributed by atoms with Crippen molar-refractivity contribution in [3.63, 3.8) is 0 Å². The lowest BCUT2D eigenvalue weighted by atomic mass is 10.0. The lowest BCUT2D eigenvalue weighted by molar-refractivity contribution is -0.141. The molecule has 1 unspecified atom stereocenters. The standard InChI is InChI=1S/C19H22N4O3/c1-11-15(12(2)23(3)22-11)9-18(24)21-17(19(25)26)8-13-10-20-16-7-5-4-6-14(13)16/h4-7,10,17,20H,8-9H2,1-3H3,(H,21,24)(H,25,26). The minimum Gasteiger partial charge on any atom is -0.480 e. The molecule has 3 aromatic rings. The first-order valence-electron chi connectivity index (χ1n) is 8.43. The molecule has 0 radical (unpaired) electrons. The molecule has 2 aromatic heterocycles. The lowest BCUT2D eigenvalue weighted by Crippen LogP contribution is -2.43. The molecule has 136 valence electrons. The van der Waals surface area contributed by atoms with E-state index in [2.05, 4.69) is 15.4 Å². The van der Waals surface area contributed by atoms with Gasteiger partial charge in [-0.15, -0.1) is 0 Å². The topological polar surface area (TPSA) is 100 Å². The molecule has 0 fully saturated rings. The molecule has 7 nitrogen and oxygen atoms in total. The molecule has 0 saturated heterocycles. The average molecular weight is 354 g/mol. The van der Waals surface area contributed by atoms with Gasteiger partial charge in [-0.1, -0.05) is 18.2 Å². The van der Waals surface area contributed by atoms with E-state index in [4.69, 9.17) is 0 Å². The van der Waals surface area contributed by atoms with Crippen molar-refractivity contribution < 1.29 is 14.7 Å².